The first-order valence-corrected chi connectivity index (χ1v) is 20.8. The SMILES string of the molecule is CC(C)COc1ccc2c(=O)n(-c3ccc(Cl)c4c(NS(C)(=O)=O)nn(C)c34)c([C@H](Cc3cc(F)cc(F)c3)NC(=O)Cn3nc(C(F)F)c4c3C(F)(F)[C@@H]3C[C@H]43)nc2c1. The first kappa shape index (κ1) is 41.1. The Kier molecular flexibility index (Phi) is 10.2. The van der Waals surface area contributed by atoms with Gasteiger partial charge in [0.15, 0.2) is 5.82 Å². The number of nitrogens with one attached hydrogen (secondary N) is 2. The third kappa shape index (κ3) is 7.43. The van der Waals surface area contributed by atoms with Crippen molar-refractivity contribution in [2.24, 2.45) is 18.9 Å². The van der Waals surface area contributed by atoms with Gasteiger partial charge in [0, 0.05) is 37.1 Å². The summed E-state index contributed by atoms with van der Waals surface area (Å²) >= 11 is 6.60. The zero-order valence-electron chi connectivity index (χ0n) is 32.1. The Morgan fingerprint density at radius 1 is 1.07 bits per heavy atom. The second-order valence-corrected chi connectivity index (χ2v) is 17.6. The van der Waals surface area contributed by atoms with Gasteiger partial charge < -0.3 is 10.1 Å². The smallest absolute Gasteiger partial charge is 0.293 e. The zero-order valence-corrected chi connectivity index (χ0v) is 33.7. The summed E-state index contributed by atoms with van der Waals surface area (Å²) < 4.78 is 124. The van der Waals surface area contributed by atoms with Gasteiger partial charge in [-0.2, -0.15) is 19.0 Å². The van der Waals surface area contributed by atoms with Crippen LogP contribution in [0.2, 0.25) is 5.02 Å². The second-order valence-electron chi connectivity index (χ2n) is 15.4. The summed E-state index contributed by atoms with van der Waals surface area (Å²) in [5.41, 5.74) is -2.47. The van der Waals surface area contributed by atoms with Gasteiger partial charge in [0.25, 0.3) is 17.9 Å². The number of hydrogen-bond acceptors (Lipinski definition) is 8. The van der Waals surface area contributed by atoms with Crippen molar-refractivity contribution >= 4 is 55.2 Å². The molecule has 0 bridgehead atoms. The highest BCUT2D eigenvalue weighted by Crippen LogP contribution is 2.68. The number of hydrogen-bond donors (Lipinski definition) is 2. The molecule has 3 atom stereocenters. The van der Waals surface area contributed by atoms with Crippen LogP contribution < -0.4 is 20.3 Å². The summed E-state index contributed by atoms with van der Waals surface area (Å²) in [7, 11) is -2.44. The monoisotopic (exact) mass is 876 g/mol. The summed E-state index contributed by atoms with van der Waals surface area (Å²) in [6.45, 7) is 3.18. The second kappa shape index (κ2) is 14.8. The molecule has 0 radical (unpaired) electrons. The minimum atomic E-state index is -3.90. The highest BCUT2D eigenvalue weighted by Gasteiger charge is 2.67. The molecule has 0 unspecified atom stereocenters. The molecule has 3 aromatic carbocycles. The highest BCUT2D eigenvalue weighted by molar-refractivity contribution is 7.92. The normalized spacial score (nSPS) is 17.4. The van der Waals surface area contributed by atoms with E-state index in [2.05, 4.69) is 20.2 Å². The lowest BCUT2D eigenvalue weighted by atomic mass is 10.0. The molecular formula is C39H35ClF6N8O5S. The van der Waals surface area contributed by atoms with E-state index in [0.717, 1.165) is 23.0 Å². The van der Waals surface area contributed by atoms with Crippen LogP contribution in [0.15, 0.2) is 53.3 Å². The van der Waals surface area contributed by atoms with Gasteiger partial charge in [-0.05, 0) is 60.2 Å². The van der Waals surface area contributed by atoms with Gasteiger partial charge in [0.05, 0.1) is 51.4 Å². The van der Waals surface area contributed by atoms with E-state index < -0.39 is 87.7 Å². The van der Waals surface area contributed by atoms with E-state index in [0.29, 0.717) is 23.1 Å². The number of fused-ring (bicyclic) bond motifs is 5. The largest absolute Gasteiger partial charge is 0.493 e. The highest BCUT2D eigenvalue weighted by atomic mass is 35.5. The van der Waals surface area contributed by atoms with Crippen molar-refractivity contribution in [1.82, 2.24) is 34.4 Å². The Morgan fingerprint density at radius 2 is 1.78 bits per heavy atom. The Labute approximate surface area is 342 Å². The molecule has 1 saturated carbocycles. The Balaban J connectivity index is 1.33. The number of carbonyl (C=O) groups excluding carboxylic acids is 1. The van der Waals surface area contributed by atoms with Crippen molar-refractivity contribution in [1.29, 1.82) is 0 Å². The number of carbonyl (C=O) groups is 1. The average molecular weight is 877 g/mol. The molecule has 21 heteroatoms. The molecule has 2 aliphatic carbocycles. The van der Waals surface area contributed by atoms with Gasteiger partial charge in [-0.3, -0.25) is 28.2 Å². The van der Waals surface area contributed by atoms with Crippen LogP contribution >= 0.6 is 11.6 Å². The van der Waals surface area contributed by atoms with E-state index in [1.54, 1.807) is 6.07 Å². The summed E-state index contributed by atoms with van der Waals surface area (Å²) in [5, 5.41) is 10.8. The van der Waals surface area contributed by atoms with Gasteiger partial charge in [0.2, 0.25) is 15.9 Å². The minimum absolute atomic E-state index is 0.000291. The van der Waals surface area contributed by atoms with Crippen LogP contribution in [0, 0.1) is 23.5 Å². The predicted molar refractivity (Wildman–Crippen MR) is 208 cm³/mol. The zero-order chi connectivity index (χ0) is 43.2. The fraction of sp³-hybridized carbons (Fsp3) is 0.359. The molecule has 0 spiro atoms. The Bertz CT molecular complexity index is 2900. The molecule has 0 aliphatic heterocycles. The molecule has 6 aromatic rings. The topological polar surface area (TPSA) is 155 Å². The summed E-state index contributed by atoms with van der Waals surface area (Å²) in [6, 6.07) is 8.38. The average Bonchev–Trinajstić information content (AvgIpc) is 3.69. The van der Waals surface area contributed by atoms with Crippen molar-refractivity contribution in [2.45, 2.75) is 57.5 Å². The maximum absolute atomic E-state index is 15.5. The fourth-order valence-electron chi connectivity index (χ4n) is 7.91. The third-order valence-electron chi connectivity index (χ3n) is 10.4. The molecule has 1 amide bonds. The third-order valence-corrected chi connectivity index (χ3v) is 11.2. The minimum Gasteiger partial charge on any atom is -0.493 e. The number of benzene rings is 3. The number of nitrogens with zero attached hydrogens (tertiary/aromatic N) is 6. The van der Waals surface area contributed by atoms with Gasteiger partial charge in [-0.25, -0.2) is 31.0 Å². The molecular weight excluding hydrogens is 842 g/mol. The predicted octanol–water partition coefficient (Wildman–Crippen LogP) is 7.05. The molecule has 2 aliphatic rings. The van der Waals surface area contributed by atoms with Crippen LogP contribution in [0.3, 0.4) is 0 Å². The van der Waals surface area contributed by atoms with Gasteiger partial charge >= 0.3 is 0 Å². The van der Waals surface area contributed by atoms with Crippen molar-refractivity contribution in [3.63, 3.8) is 0 Å². The van der Waals surface area contributed by atoms with Crippen molar-refractivity contribution in [2.75, 3.05) is 17.6 Å². The molecule has 3 aromatic heterocycles. The van der Waals surface area contributed by atoms with E-state index in [-0.39, 0.29) is 67.6 Å². The summed E-state index contributed by atoms with van der Waals surface area (Å²) in [6.07, 6.45) is -2.75. The van der Waals surface area contributed by atoms with Crippen molar-refractivity contribution in [3.8, 4) is 11.4 Å². The molecule has 0 saturated heterocycles. The van der Waals surface area contributed by atoms with Crippen LogP contribution in [0.1, 0.15) is 67.0 Å². The van der Waals surface area contributed by atoms with Crippen molar-refractivity contribution in [3.05, 3.63) is 104 Å². The molecule has 1 fully saturated rings. The quantitative estimate of drug-likeness (QED) is 0.117. The van der Waals surface area contributed by atoms with E-state index in [4.69, 9.17) is 21.3 Å². The van der Waals surface area contributed by atoms with E-state index >= 15 is 8.78 Å². The number of rotatable bonds is 13. The van der Waals surface area contributed by atoms with E-state index in [1.165, 1.54) is 36.0 Å². The van der Waals surface area contributed by atoms with Gasteiger partial charge in [-0.1, -0.05) is 25.4 Å². The summed E-state index contributed by atoms with van der Waals surface area (Å²) in [4.78, 5) is 33.7. The summed E-state index contributed by atoms with van der Waals surface area (Å²) in [5.74, 6) is -8.53. The van der Waals surface area contributed by atoms with Gasteiger partial charge in [0.1, 0.15) is 41.1 Å². The van der Waals surface area contributed by atoms with Crippen LogP contribution in [0.4, 0.5) is 32.2 Å². The molecule has 3 heterocycles. The Morgan fingerprint density at radius 3 is 2.45 bits per heavy atom. The van der Waals surface area contributed by atoms with E-state index in [1.807, 2.05) is 13.8 Å². The maximum Gasteiger partial charge on any atom is 0.293 e. The van der Waals surface area contributed by atoms with Crippen LogP contribution in [-0.2, 0) is 40.8 Å². The standard InChI is InChI=1S/C39H35ClF6N8O5S/c1-17(2)16-59-21-5-6-22-26(13-21)48-37(54(38(22)56)28-8-7-25(40)31-33(28)52(3)50-36(31)51-60(4,57)58)27(11-18-9-19(41)12-20(42)10-18)47-29(55)15-53-34-30(32(49-53)35(43)44)23-14-24(23)39(34,45)46/h5-10,12-13,17,23-24,27,35H,11,14-16H2,1-4H3,(H,47,55)(H,50,51)/t23-,24+,27-/m0/s1. The molecule has 60 heavy (non-hydrogen) atoms. The number of sulfonamides is 1. The Hall–Kier alpha value is -5.63. The van der Waals surface area contributed by atoms with Crippen LogP contribution in [0.5, 0.6) is 5.75 Å². The lowest BCUT2D eigenvalue weighted by molar-refractivity contribution is -0.123. The van der Waals surface area contributed by atoms with Gasteiger partial charge in [-0.15, -0.1) is 0 Å². The maximum atomic E-state index is 15.5. The molecule has 2 N–H and O–H groups in total. The lowest BCUT2D eigenvalue weighted by Crippen LogP contribution is -2.38. The molecule has 8 rings (SSSR count). The number of aryl methyl sites for hydroxylation is 1. The van der Waals surface area contributed by atoms with Crippen molar-refractivity contribution < 1.29 is 44.3 Å². The van der Waals surface area contributed by atoms with Crippen LogP contribution in [0.25, 0.3) is 27.5 Å². The number of halogens is 7. The molecule has 13 nitrogen and oxygen atoms in total. The number of amides is 1. The molecule has 316 valence electrons. The van der Waals surface area contributed by atoms with Crippen LogP contribution in [-0.4, -0.2) is 56.3 Å². The number of anilines is 1. The fourth-order valence-corrected chi connectivity index (χ4v) is 8.65. The number of aromatic nitrogens is 6. The number of ether oxygens (including phenoxy) is 1. The number of alkyl halides is 4. The van der Waals surface area contributed by atoms with E-state index in [9.17, 15) is 35.6 Å². The lowest BCUT2D eigenvalue weighted by Gasteiger charge is -2.24. The first-order chi connectivity index (χ1) is 28.2. The first-order valence-electron chi connectivity index (χ1n) is 18.6.